The van der Waals surface area contributed by atoms with Crippen molar-refractivity contribution in [2.24, 2.45) is 0 Å². The van der Waals surface area contributed by atoms with Crippen molar-refractivity contribution in [1.82, 2.24) is 0 Å². The molecule has 0 N–H and O–H groups in total. The van der Waals surface area contributed by atoms with E-state index >= 15 is 0 Å². The van der Waals surface area contributed by atoms with E-state index in [1.165, 1.54) is 18.4 Å². The normalized spacial score (nSPS) is 10.3. The van der Waals surface area contributed by atoms with Crippen molar-refractivity contribution in [3.05, 3.63) is 43.0 Å². The van der Waals surface area contributed by atoms with Crippen LogP contribution in [0.15, 0.2) is 32.5 Å². The summed E-state index contributed by atoms with van der Waals surface area (Å²) in [6, 6.07) is 5.29. The Balaban J connectivity index is 2.56. The maximum Gasteiger partial charge on any atom is 0.208 e. The van der Waals surface area contributed by atoms with Crippen LogP contribution in [0, 0.1) is 0 Å². The summed E-state index contributed by atoms with van der Waals surface area (Å²) in [4.78, 5) is 13.2. The summed E-state index contributed by atoms with van der Waals surface area (Å²) in [5.74, 6) is 1.02. The number of halogens is 2. The molecule has 0 amide bonds. The Hall–Kier alpha value is -0.850. The van der Waals surface area contributed by atoms with Crippen LogP contribution in [0.4, 0.5) is 0 Å². The fourth-order valence-corrected chi connectivity index (χ4v) is 3.72. The van der Waals surface area contributed by atoms with E-state index in [1.54, 1.807) is 19.2 Å². The summed E-state index contributed by atoms with van der Waals surface area (Å²) in [5.41, 5.74) is 0.492. The molecule has 0 spiro atoms. The highest BCUT2D eigenvalue weighted by Gasteiger charge is 2.22. The Morgan fingerprint density at radius 2 is 1.89 bits per heavy atom. The zero-order valence-corrected chi connectivity index (χ0v) is 14.2. The third kappa shape index (κ3) is 2.85. The first kappa shape index (κ1) is 14.6. The molecule has 0 saturated carbocycles. The highest BCUT2D eigenvalue weighted by atomic mass is 79.9. The molecule has 2 rings (SSSR count). The maximum atomic E-state index is 12.6. The van der Waals surface area contributed by atoms with Crippen molar-refractivity contribution < 1.29 is 14.3 Å². The largest absolute Gasteiger partial charge is 0.497 e. The average Bonchev–Trinajstić information content (AvgIpc) is 2.83. The van der Waals surface area contributed by atoms with Gasteiger partial charge in [0.2, 0.25) is 5.78 Å². The molecule has 2 aromatic rings. The monoisotopic (exact) mass is 404 g/mol. The van der Waals surface area contributed by atoms with Crippen molar-refractivity contribution in [3.8, 4) is 11.5 Å². The Labute approximate surface area is 131 Å². The summed E-state index contributed by atoms with van der Waals surface area (Å²) < 4.78 is 11.9. The van der Waals surface area contributed by atoms with Gasteiger partial charge in [0.25, 0.3) is 0 Å². The number of benzene rings is 1. The molecular weight excluding hydrogens is 396 g/mol. The van der Waals surface area contributed by atoms with E-state index in [0.29, 0.717) is 26.4 Å². The lowest BCUT2D eigenvalue weighted by Crippen LogP contribution is -2.04. The van der Waals surface area contributed by atoms with Gasteiger partial charge in [-0.15, -0.1) is 11.3 Å². The van der Waals surface area contributed by atoms with Gasteiger partial charge in [-0.05, 0) is 49.4 Å². The molecule has 0 bridgehead atoms. The summed E-state index contributed by atoms with van der Waals surface area (Å²) in [7, 11) is 3.10. The predicted molar refractivity (Wildman–Crippen MR) is 82.7 cm³/mol. The highest BCUT2D eigenvalue weighted by Crippen LogP contribution is 2.36. The SMILES string of the molecule is COc1cc(Br)c(C(=O)c2sccc2Br)c(OC)c1. The summed E-state index contributed by atoms with van der Waals surface area (Å²) in [6.45, 7) is 0. The van der Waals surface area contributed by atoms with Gasteiger partial charge in [-0.1, -0.05) is 0 Å². The molecule has 0 aliphatic rings. The van der Waals surface area contributed by atoms with Gasteiger partial charge in [0, 0.05) is 15.0 Å². The highest BCUT2D eigenvalue weighted by molar-refractivity contribution is 9.11. The van der Waals surface area contributed by atoms with E-state index in [4.69, 9.17) is 9.47 Å². The standard InChI is InChI=1S/C13H10Br2O3S/c1-17-7-5-9(15)11(10(6-7)18-2)12(16)13-8(14)3-4-19-13/h3-6H,1-2H3. The van der Waals surface area contributed by atoms with Crippen molar-refractivity contribution in [2.45, 2.75) is 0 Å². The van der Waals surface area contributed by atoms with Gasteiger partial charge in [-0.2, -0.15) is 0 Å². The van der Waals surface area contributed by atoms with E-state index < -0.39 is 0 Å². The minimum absolute atomic E-state index is 0.0896. The molecule has 100 valence electrons. The molecule has 1 heterocycles. The van der Waals surface area contributed by atoms with Crippen molar-refractivity contribution in [1.29, 1.82) is 0 Å². The van der Waals surface area contributed by atoms with Gasteiger partial charge in [-0.3, -0.25) is 4.79 Å². The van der Waals surface area contributed by atoms with Gasteiger partial charge in [0.1, 0.15) is 11.5 Å². The zero-order valence-electron chi connectivity index (χ0n) is 10.2. The molecule has 0 radical (unpaired) electrons. The van der Waals surface area contributed by atoms with E-state index in [-0.39, 0.29) is 5.78 Å². The Kier molecular flexibility index (Phi) is 4.65. The summed E-state index contributed by atoms with van der Waals surface area (Å²) in [5, 5.41) is 1.86. The minimum Gasteiger partial charge on any atom is -0.497 e. The van der Waals surface area contributed by atoms with Crippen LogP contribution >= 0.6 is 43.2 Å². The van der Waals surface area contributed by atoms with Crippen molar-refractivity contribution >= 4 is 49.0 Å². The lowest BCUT2D eigenvalue weighted by molar-refractivity contribution is 0.103. The van der Waals surface area contributed by atoms with Crippen molar-refractivity contribution in [3.63, 3.8) is 0 Å². The van der Waals surface area contributed by atoms with Crippen LogP contribution in [0.2, 0.25) is 0 Å². The number of rotatable bonds is 4. The lowest BCUT2D eigenvalue weighted by Gasteiger charge is -2.11. The number of ketones is 1. The molecule has 19 heavy (non-hydrogen) atoms. The van der Waals surface area contributed by atoms with E-state index in [2.05, 4.69) is 31.9 Å². The number of carbonyl (C=O) groups is 1. The van der Waals surface area contributed by atoms with Crippen LogP contribution in [0.3, 0.4) is 0 Å². The van der Waals surface area contributed by atoms with Crippen LogP contribution in [0.25, 0.3) is 0 Å². The lowest BCUT2D eigenvalue weighted by atomic mass is 10.1. The van der Waals surface area contributed by atoms with Gasteiger partial charge in [-0.25, -0.2) is 0 Å². The number of hydrogen-bond donors (Lipinski definition) is 0. The van der Waals surface area contributed by atoms with E-state index in [9.17, 15) is 4.79 Å². The van der Waals surface area contributed by atoms with E-state index in [1.807, 2.05) is 11.4 Å². The van der Waals surface area contributed by atoms with Crippen molar-refractivity contribution in [2.75, 3.05) is 14.2 Å². The molecule has 0 fully saturated rings. The first-order valence-corrected chi connectivity index (χ1v) is 7.74. The first-order valence-electron chi connectivity index (χ1n) is 5.27. The minimum atomic E-state index is -0.0896. The smallest absolute Gasteiger partial charge is 0.208 e. The first-order chi connectivity index (χ1) is 9.08. The van der Waals surface area contributed by atoms with Crippen LogP contribution in [0.5, 0.6) is 11.5 Å². The summed E-state index contributed by atoms with van der Waals surface area (Å²) in [6.07, 6.45) is 0. The Morgan fingerprint density at radius 3 is 2.42 bits per heavy atom. The quantitative estimate of drug-likeness (QED) is 0.701. The predicted octanol–water partition coefficient (Wildman–Crippen LogP) is 4.52. The van der Waals surface area contributed by atoms with Gasteiger partial charge in [0.05, 0.1) is 24.7 Å². The number of hydrogen-bond acceptors (Lipinski definition) is 4. The average molecular weight is 406 g/mol. The van der Waals surface area contributed by atoms with Crippen LogP contribution in [-0.4, -0.2) is 20.0 Å². The Morgan fingerprint density at radius 1 is 1.16 bits per heavy atom. The second-order valence-electron chi connectivity index (χ2n) is 3.61. The Bertz CT molecular complexity index is 622. The third-order valence-corrected chi connectivity index (χ3v) is 5.00. The second-order valence-corrected chi connectivity index (χ2v) is 6.24. The molecule has 0 aliphatic carbocycles. The number of ether oxygens (including phenoxy) is 2. The van der Waals surface area contributed by atoms with Crippen LogP contribution in [0.1, 0.15) is 15.2 Å². The number of methoxy groups -OCH3 is 2. The van der Waals surface area contributed by atoms with Gasteiger partial charge >= 0.3 is 0 Å². The number of thiophene rings is 1. The number of carbonyl (C=O) groups excluding carboxylic acids is 1. The second kappa shape index (κ2) is 6.07. The topological polar surface area (TPSA) is 35.5 Å². The molecule has 6 heteroatoms. The molecule has 3 nitrogen and oxygen atoms in total. The van der Waals surface area contributed by atoms with Gasteiger partial charge < -0.3 is 9.47 Å². The third-order valence-electron chi connectivity index (χ3n) is 2.53. The molecule has 0 atom stereocenters. The molecular formula is C13H10Br2O3S. The van der Waals surface area contributed by atoms with Crippen LogP contribution in [-0.2, 0) is 0 Å². The summed E-state index contributed by atoms with van der Waals surface area (Å²) >= 11 is 8.16. The fraction of sp³-hybridized carbons (Fsp3) is 0.154. The van der Waals surface area contributed by atoms with Crippen LogP contribution < -0.4 is 9.47 Å². The fourth-order valence-electron chi connectivity index (χ4n) is 1.63. The molecule has 0 aliphatic heterocycles. The molecule has 0 unspecified atom stereocenters. The van der Waals surface area contributed by atoms with Gasteiger partial charge in [0.15, 0.2) is 0 Å². The zero-order chi connectivity index (χ0) is 14.0. The molecule has 0 saturated heterocycles. The molecule has 1 aromatic carbocycles. The van der Waals surface area contributed by atoms with E-state index in [0.717, 1.165) is 4.47 Å². The maximum absolute atomic E-state index is 12.6. The molecule has 1 aromatic heterocycles.